The van der Waals surface area contributed by atoms with Crippen LogP contribution in [0.3, 0.4) is 0 Å². The van der Waals surface area contributed by atoms with Crippen LogP contribution in [0.25, 0.3) is 0 Å². The first-order valence-electron chi connectivity index (χ1n) is 13.3. The number of ether oxygens (including phenoxy) is 2. The number of alkyl carbamates (subject to hydrolysis) is 1. The third-order valence-electron chi connectivity index (χ3n) is 5.29. The van der Waals surface area contributed by atoms with Crippen LogP contribution in [0.15, 0.2) is 12.2 Å². The van der Waals surface area contributed by atoms with Gasteiger partial charge in [0.15, 0.2) is 7.85 Å². The largest absolute Gasteiger partial charge is 0.467 e. The fourth-order valence-electron chi connectivity index (χ4n) is 3.71. The molecule has 3 amide bonds. The molecule has 2 unspecified atom stereocenters. The molecule has 4 N–H and O–H groups in total. The van der Waals surface area contributed by atoms with Gasteiger partial charge < -0.3 is 34.9 Å². The molecule has 0 aromatic carbocycles. The molecule has 0 rings (SSSR count). The Bertz CT molecular complexity index is 727. The van der Waals surface area contributed by atoms with Gasteiger partial charge in [-0.05, 0) is 71.3 Å². The quantitative estimate of drug-likeness (QED) is 0.109. The number of carbonyl (C=O) groups is 3. The van der Waals surface area contributed by atoms with Crippen LogP contribution < -0.4 is 21.3 Å². The monoisotopic (exact) mass is 558 g/mol. The van der Waals surface area contributed by atoms with Crippen molar-refractivity contribution in [1.29, 1.82) is 0 Å². The van der Waals surface area contributed by atoms with Gasteiger partial charge in [-0.3, -0.25) is 4.79 Å². The summed E-state index contributed by atoms with van der Waals surface area (Å²) < 4.78 is 16.7. The summed E-state index contributed by atoms with van der Waals surface area (Å²) in [7, 11) is -2.47. The minimum Gasteiger partial charge on any atom is -0.467 e. The standard InChI is InChI=1S/C24H51BN4O6Si2/c1-19(28-21(3)25)13-14-20(2)29-23(31)26-15-11-9-10-12-16-27-24(32)34-18-37(7,8)35-36(5,6)17-33-22(4)30/h19-20,28H,3,9-18,25H2,1-2,4-8H3,(H,27,32)(H2,26,29,31). The fourth-order valence-corrected chi connectivity index (χ4v) is 11.2. The number of esters is 1. The fraction of sp³-hybridized carbons (Fsp3) is 0.792. The minimum absolute atomic E-state index is 0.106. The van der Waals surface area contributed by atoms with Crippen molar-refractivity contribution < 1.29 is 28.0 Å². The van der Waals surface area contributed by atoms with Gasteiger partial charge in [0.1, 0.15) is 12.5 Å². The highest BCUT2D eigenvalue weighted by Crippen LogP contribution is 2.15. The summed E-state index contributed by atoms with van der Waals surface area (Å²) in [6.07, 6.45) is 5.59. The first-order chi connectivity index (χ1) is 17.1. The summed E-state index contributed by atoms with van der Waals surface area (Å²) in [5.41, 5.74) is 0.952. The van der Waals surface area contributed by atoms with E-state index >= 15 is 0 Å². The third kappa shape index (κ3) is 21.8. The maximum Gasteiger partial charge on any atom is 0.406 e. The Kier molecular flexibility index (Phi) is 17.3. The number of hydrogen-bond donors (Lipinski definition) is 4. The lowest BCUT2D eigenvalue weighted by atomic mass is 10.0. The first-order valence-corrected chi connectivity index (χ1v) is 19.6. The van der Waals surface area contributed by atoms with E-state index in [4.69, 9.17) is 13.6 Å². The summed E-state index contributed by atoms with van der Waals surface area (Å²) >= 11 is 0. The van der Waals surface area contributed by atoms with Crippen LogP contribution in [0.4, 0.5) is 9.59 Å². The van der Waals surface area contributed by atoms with Crippen LogP contribution >= 0.6 is 0 Å². The Morgan fingerprint density at radius 3 is 1.81 bits per heavy atom. The third-order valence-corrected chi connectivity index (χ3v) is 11.4. The van der Waals surface area contributed by atoms with Crippen LogP contribution in [0.1, 0.15) is 59.3 Å². The molecule has 0 fully saturated rings. The summed E-state index contributed by atoms with van der Waals surface area (Å²) in [5.74, 6) is -0.320. The van der Waals surface area contributed by atoms with Crippen molar-refractivity contribution in [2.75, 3.05) is 25.5 Å². The van der Waals surface area contributed by atoms with E-state index < -0.39 is 22.7 Å². The number of amides is 3. The highest BCUT2D eigenvalue weighted by atomic mass is 28.4. The van der Waals surface area contributed by atoms with Crippen LogP contribution in [0.5, 0.6) is 0 Å². The summed E-state index contributed by atoms with van der Waals surface area (Å²) in [6.45, 7) is 18.5. The van der Waals surface area contributed by atoms with E-state index in [1.54, 1.807) is 0 Å². The molecule has 0 aliphatic heterocycles. The maximum absolute atomic E-state index is 12.0. The van der Waals surface area contributed by atoms with Gasteiger partial charge in [-0.25, -0.2) is 9.59 Å². The average molecular weight is 559 g/mol. The molecule has 37 heavy (non-hydrogen) atoms. The van der Waals surface area contributed by atoms with E-state index in [1.165, 1.54) is 6.92 Å². The summed E-state index contributed by atoms with van der Waals surface area (Å²) in [5, 5.41) is 11.9. The molecule has 13 heteroatoms. The number of carbonyl (C=O) groups excluding carboxylic acids is 3. The zero-order chi connectivity index (χ0) is 28.5. The minimum atomic E-state index is -2.24. The normalized spacial score (nSPS) is 13.2. The number of nitrogens with one attached hydrogen (secondary N) is 4. The number of rotatable bonds is 19. The molecule has 0 aromatic heterocycles. The van der Waals surface area contributed by atoms with Crippen molar-refractivity contribution in [1.82, 2.24) is 21.3 Å². The molecular formula is C24H51BN4O6Si2. The number of urea groups is 1. The van der Waals surface area contributed by atoms with Gasteiger partial charge in [-0.15, -0.1) is 0 Å². The SMILES string of the molecule is BC(=C)NC(C)CCC(C)NC(=O)NCCCCCCNC(=O)OC[Si](C)(C)O[Si](C)(C)COC(C)=O. The Morgan fingerprint density at radius 1 is 0.811 bits per heavy atom. The second kappa shape index (κ2) is 18.3. The Morgan fingerprint density at radius 2 is 1.30 bits per heavy atom. The van der Waals surface area contributed by atoms with E-state index in [0.717, 1.165) is 44.1 Å². The highest BCUT2D eigenvalue weighted by Gasteiger charge is 2.35. The number of hydrogen-bond acceptors (Lipinski definition) is 7. The van der Waals surface area contributed by atoms with Gasteiger partial charge in [-0.1, -0.05) is 19.4 Å². The molecule has 2 atom stereocenters. The Labute approximate surface area is 227 Å². The Balaban J connectivity index is 3.84. The van der Waals surface area contributed by atoms with Gasteiger partial charge in [0.2, 0.25) is 16.6 Å². The van der Waals surface area contributed by atoms with E-state index in [-0.39, 0.29) is 30.5 Å². The molecule has 0 saturated heterocycles. The van der Waals surface area contributed by atoms with Crippen molar-refractivity contribution in [3.05, 3.63) is 12.2 Å². The van der Waals surface area contributed by atoms with E-state index in [0.29, 0.717) is 19.1 Å². The van der Waals surface area contributed by atoms with Gasteiger partial charge in [-0.2, -0.15) is 0 Å². The average Bonchev–Trinajstić information content (AvgIpc) is 2.75. The predicted octanol–water partition coefficient (Wildman–Crippen LogP) is 2.89. The van der Waals surface area contributed by atoms with Gasteiger partial charge in [0.05, 0.1) is 0 Å². The molecule has 0 aliphatic carbocycles. The maximum atomic E-state index is 12.0. The van der Waals surface area contributed by atoms with Crippen LogP contribution in [0.2, 0.25) is 26.2 Å². The highest BCUT2D eigenvalue weighted by molar-refractivity contribution is 6.84. The smallest absolute Gasteiger partial charge is 0.406 e. The van der Waals surface area contributed by atoms with Crippen LogP contribution in [0, 0.1) is 0 Å². The lowest BCUT2D eigenvalue weighted by Crippen LogP contribution is -2.51. The molecular weight excluding hydrogens is 507 g/mol. The van der Waals surface area contributed by atoms with E-state index in [2.05, 4.69) is 34.8 Å². The first kappa shape index (κ1) is 35.0. The molecule has 0 saturated carbocycles. The predicted molar refractivity (Wildman–Crippen MR) is 156 cm³/mol. The number of unbranched alkanes of at least 4 members (excludes halogenated alkanes) is 3. The molecule has 214 valence electrons. The van der Waals surface area contributed by atoms with Crippen molar-refractivity contribution in [2.45, 2.75) is 97.6 Å². The molecule has 0 aromatic rings. The molecule has 10 nitrogen and oxygen atoms in total. The van der Waals surface area contributed by atoms with Crippen molar-refractivity contribution >= 4 is 42.6 Å². The topological polar surface area (TPSA) is 127 Å². The van der Waals surface area contributed by atoms with Gasteiger partial charge >= 0.3 is 18.1 Å². The second-order valence-corrected chi connectivity index (χ2v) is 19.5. The van der Waals surface area contributed by atoms with Crippen LogP contribution in [-0.2, 0) is 18.4 Å². The van der Waals surface area contributed by atoms with Crippen molar-refractivity contribution in [2.24, 2.45) is 0 Å². The molecule has 0 bridgehead atoms. The van der Waals surface area contributed by atoms with E-state index in [9.17, 15) is 14.4 Å². The van der Waals surface area contributed by atoms with Crippen LogP contribution in [-0.4, -0.2) is 80.2 Å². The molecule has 0 radical (unpaired) electrons. The van der Waals surface area contributed by atoms with Crippen molar-refractivity contribution in [3.8, 4) is 0 Å². The zero-order valence-corrected chi connectivity index (χ0v) is 26.4. The molecule has 0 spiro atoms. The second-order valence-electron chi connectivity index (χ2n) is 11.0. The van der Waals surface area contributed by atoms with Gasteiger partial charge in [0.25, 0.3) is 0 Å². The van der Waals surface area contributed by atoms with E-state index in [1.807, 2.05) is 41.0 Å². The van der Waals surface area contributed by atoms with Gasteiger partial charge in [0, 0.05) is 32.1 Å². The van der Waals surface area contributed by atoms with Crippen molar-refractivity contribution in [3.63, 3.8) is 0 Å². The molecule has 0 aliphatic rings. The Hall–Kier alpha value is -1.99. The summed E-state index contributed by atoms with van der Waals surface area (Å²) in [4.78, 5) is 35.1. The summed E-state index contributed by atoms with van der Waals surface area (Å²) in [6, 6.07) is 0.308. The lowest BCUT2D eigenvalue weighted by molar-refractivity contribution is -0.139. The lowest BCUT2D eigenvalue weighted by Gasteiger charge is -2.32. The molecule has 0 heterocycles. The zero-order valence-electron chi connectivity index (χ0n) is 24.4.